The molecule has 0 spiro atoms. The Labute approximate surface area is 171 Å². The molecule has 1 heterocycles. The molecule has 9 heteroatoms. The van der Waals surface area contributed by atoms with Gasteiger partial charge in [-0.2, -0.15) is 0 Å². The van der Waals surface area contributed by atoms with E-state index in [9.17, 15) is 13.2 Å². The molecular formula is C20H30N2O6S. The predicted octanol–water partition coefficient (Wildman–Crippen LogP) is 2.64. The molecule has 8 nitrogen and oxygen atoms in total. The van der Waals surface area contributed by atoms with Crippen LogP contribution in [0.4, 0.5) is 4.79 Å². The molecule has 2 fully saturated rings. The summed E-state index contributed by atoms with van der Waals surface area (Å²) >= 11 is 0. The molecule has 1 aromatic rings. The van der Waals surface area contributed by atoms with Crippen LogP contribution in [0.2, 0.25) is 0 Å². The third kappa shape index (κ3) is 8.02. The number of piperidine rings is 1. The van der Waals surface area contributed by atoms with Crippen molar-refractivity contribution in [2.45, 2.75) is 62.0 Å². The van der Waals surface area contributed by atoms with E-state index in [1.54, 1.807) is 24.3 Å². The van der Waals surface area contributed by atoms with E-state index in [4.69, 9.17) is 15.0 Å². The summed E-state index contributed by atoms with van der Waals surface area (Å²) in [5, 5.41) is 20.0. The van der Waals surface area contributed by atoms with Crippen LogP contribution in [0.3, 0.4) is 0 Å². The molecular weight excluding hydrogens is 396 g/mol. The van der Waals surface area contributed by atoms with Crippen LogP contribution >= 0.6 is 0 Å². The number of nitrogens with one attached hydrogen (secondary N) is 2. The Kier molecular flexibility index (Phi) is 8.91. The number of carbonyl (C=O) groups is 2. The maximum Gasteiger partial charge on any atom is 0.503 e. The second-order valence-electron chi connectivity index (χ2n) is 7.54. The third-order valence-corrected chi connectivity index (χ3v) is 7.54. The van der Waals surface area contributed by atoms with Crippen LogP contribution in [0.5, 0.6) is 0 Å². The van der Waals surface area contributed by atoms with E-state index in [-0.39, 0.29) is 23.0 Å². The van der Waals surface area contributed by atoms with E-state index in [0.717, 1.165) is 31.5 Å². The van der Waals surface area contributed by atoms with Crippen molar-refractivity contribution in [3.05, 3.63) is 35.4 Å². The van der Waals surface area contributed by atoms with Crippen molar-refractivity contribution in [1.82, 2.24) is 10.6 Å². The number of hydrogen-bond donors (Lipinski definition) is 4. The highest BCUT2D eigenvalue weighted by Crippen LogP contribution is 2.20. The zero-order chi connectivity index (χ0) is 21.3. The second-order valence-corrected chi connectivity index (χ2v) is 9.83. The molecule has 1 aromatic carbocycles. The van der Waals surface area contributed by atoms with Crippen LogP contribution in [0, 0.1) is 0 Å². The van der Waals surface area contributed by atoms with Crippen molar-refractivity contribution >= 4 is 21.9 Å². The van der Waals surface area contributed by atoms with Gasteiger partial charge >= 0.3 is 6.16 Å². The Balaban J connectivity index is 0.000000687. The topological polar surface area (TPSA) is 133 Å². The van der Waals surface area contributed by atoms with Gasteiger partial charge in [-0.15, -0.1) is 0 Å². The fourth-order valence-electron chi connectivity index (χ4n) is 3.77. The lowest BCUT2D eigenvalue weighted by atomic mass is 9.95. The molecule has 4 N–H and O–H groups in total. The molecule has 0 radical (unpaired) electrons. The minimum Gasteiger partial charge on any atom is -0.450 e. The predicted molar refractivity (Wildman–Crippen MR) is 110 cm³/mol. The second kappa shape index (κ2) is 11.2. The van der Waals surface area contributed by atoms with Gasteiger partial charge in [0.1, 0.15) is 0 Å². The van der Waals surface area contributed by atoms with Crippen LogP contribution in [-0.2, 0) is 15.6 Å². The van der Waals surface area contributed by atoms with Crippen LogP contribution in [0.1, 0.15) is 60.9 Å². The number of rotatable bonds is 5. The number of benzene rings is 1. The molecule has 0 atom stereocenters. The average molecular weight is 427 g/mol. The summed E-state index contributed by atoms with van der Waals surface area (Å²) in [6.45, 7) is 1.54. The van der Waals surface area contributed by atoms with Gasteiger partial charge in [-0.1, -0.05) is 31.4 Å². The number of carbonyl (C=O) groups excluding carboxylic acids is 1. The van der Waals surface area contributed by atoms with E-state index in [1.807, 2.05) is 0 Å². The number of amides is 1. The van der Waals surface area contributed by atoms with E-state index < -0.39 is 16.0 Å². The Morgan fingerprint density at radius 1 is 0.966 bits per heavy atom. The molecule has 3 rings (SSSR count). The van der Waals surface area contributed by atoms with Crippen molar-refractivity contribution in [3.8, 4) is 0 Å². The van der Waals surface area contributed by atoms with E-state index in [2.05, 4.69) is 10.6 Å². The molecule has 1 amide bonds. The molecule has 1 aliphatic heterocycles. The average Bonchev–Trinajstić information content (AvgIpc) is 2.69. The fraction of sp³-hybridized carbons (Fsp3) is 0.600. The molecule has 2 aliphatic rings. The van der Waals surface area contributed by atoms with Crippen LogP contribution in [0.25, 0.3) is 0 Å². The van der Waals surface area contributed by atoms with Crippen LogP contribution in [-0.4, -0.2) is 55.1 Å². The lowest BCUT2D eigenvalue weighted by Gasteiger charge is -2.23. The lowest BCUT2D eigenvalue weighted by Crippen LogP contribution is -2.36. The first-order valence-corrected chi connectivity index (χ1v) is 11.7. The number of hydrogen-bond acceptors (Lipinski definition) is 5. The standard InChI is InChI=1S/C19H28N2O3S.CH2O3/c22-19(21-17-4-2-1-3-5-17)16-8-6-15(7-9-16)14-25(23,24)18-10-12-20-13-11-18;2-1(3)4/h6-9,17-18,20H,1-5,10-14H2,(H,21,22);(H2,2,3,4). The molecule has 0 bridgehead atoms. The van der Waals surface area contributed by atoms with Gasteiger partial charge in [-0.3, -0.25) is 4.79 Å². The smallest absolute Gasteiger partial charge is 0.450 e. The monoisotopic (exact) mass is 426 g/mol. The highest BCUT2D eigenvalue weighted by atomic mass is 32.2. The van der Waals surface area contributed by atoms with Gasteiger partial charge in [0.25, 0.3) is 5.91 Å². The summed E-state index contributed by atoms with van der Waals surface area (Å²) in [5.41, 5.74) is 1.36. The summed E-state index contributed by atoms with van der Waals surface area (Å²) in [6.07, 6.45) is 5.26. The van der Waals surface area contributed by atoms with Crippen molar-refractivity contribution in [2.75, 3.05) is 13.1 Å². The third-order valence-electron chi connectivity index (χ3n) is 5.32. The number of sulfone groups is 1. The summed E-state index contributed by atoms with van der Waals surface area (Å²) in [5.74, 6) is 0.00186. The first-order chi connectivity index (χ1) is 13.8. The molecule has 0 unspecified atom stereocenters. The molecule has 0 aromatic heterocycles. The maximum atomic E-state index is 12.5. The maximum absolute atomic E-state index is 12.5. The van der Waals surface area contributed by atoms with Gasteiger partial charge in [0, 0.05) is 11.6 Å². The first-order valence-electron chi connectivity index (χ1n) is 10.0. The molecule has 1 saturated carbocycles. The van der Waals surface area contributed by atoms with Gasteiger partial charge in [-0.25, -0.2) is 13.2 Å². The van der Waals surface area contributed by atoms with Crippen molar-refractivity contribution in [2.24, 2.45) is 0 Å². The van der Waals surface area contributed by atoms with Gasteiger partial charge in [0.05, 0.1) is 11.0 Å². The van der Waals surface area contributed by atoms with Gasteiger partial charge in [0.15, 0.2) is 9.84 Å². The van der Waals surface area contributed by atoms with Crippen LogP contribution in [0.15, 0.2) is 24.3 Å². The van der Waals surface area contributed by atoms with Crippen LogP contribution < -0.4 is 10.6 Å². The Hall–Kier alpha value is -2.13. The minimum absolute atomic E-state index is 0.0559. The lowest BCUT2D eigenvalue weighted by molar-refractivity contribution is 0.0927. The molecule has 1 aliphatic carbocycles. The number of carboxylic acid groups (broad SMARTS) is 2. The van der Waals surface area contributed by atoms with E-state index in [0.29, 0.717) is 18.4 Å². The van der Waals surface area contributed by atoms with Gasteiger partial charge in [0.2, 0.25) is 0 Å². The SMILES string of the molecule is O=C(NC1CCCCC1)c1ccc(CS(=O)(=O)C2CCNCC2)cc1.O=C(O)O. The quantitative estimate of drug-likeness (QED) is 0.569. The van der Waals surface area contributed by atoms with Crippen molar-refractivity contribution in [3.63, 3.8) is 0 Å². The molecule has 1 saturated heterocycles. The largest absolute Gasteiger partial charge is 0.503 e. The first kappa shape index (κ1) is 23.2. The van der Waals surface area contributed by atoms with Gasteiger partial charge < -0.3 is 20.8 Å². The molecule has 162 valence electrons. The highest BCUT2D eigenvalue weighted by Gasteiger charge is 2.27. The summed E-state index contributed by atoms with van der Waals surface area (Å²) in [6, 6.07) is 7.31. The zero-order valence-corrected chi connectivity index (χ0v) is 17.3. The van der Waals surface area contributed by atoms with Gasteiger partial charge in [-0.05, 0) is 56.5 Å². The van der Waals surface area contributed by atoms with E-state index >= 15 is 0 Å². The van der Waals surface area contributed by atoms with E-state index in [1.165, 1.54) is 19.3 Å². The zero-order valence-electron chi connectivity index (χ0n) is 16.5. The normalized spacial score (nSPS) is 18.3. The summed E-state index contributed by atoms with van der Waals surface area (Å²) in [4.78, 5) is 20.9. The minimum atomic E-state index is -3.13. The van der Waals surface area contributed by atoms with Crippen molar-refractivity contribution in [1.29, 1.82) is 0 Å². The van der Waals surface area contributed by atoms with Crippen molar-refractivity contribution < 1.29 is 28.2 Å². The highest BCUT2D eigenvalue weighted by molar-refractivity contribution is 7.91. The Morgan fingerprint density at radius 3 is 2.07 bits per heavy atom. The fourth-order valence-corrected chi connectivity index (χ4v) is 5.62. The summed E-state index contributed by atoms with van der Waals surface area (Å²) < 4.78 is 25.1. The Bertz CT molecular complexity index is 763. The molecule has 29 heavy (non-hydrogen) atoms. The Morgan fingerprint density at radius 2 is 1.52 bits per heavy atom. The summed E-state index contributed by atoms with van der Waals surface area (Å²) in [7, 11) is -3.13.